The zero-order chi connectivity index (χ0) is 35.9. The van der Waals surface area contributed by atoms with Crippen LogP contribution in [0.4, 0.5) is 0 Å². The number of hydrogen-bond acceptors (Lipinski definition) is 8. The van der Waals surface area contributed by atoms with Gasteiger partial charge in [0.05, 0.1) is 18.1 Å². The number of isocyanates is 2. The van der Waals surface area contributed by atoms with Gasteiger partial charge < -0.3 is 0 Å². The molecule has 6 unspecified atom stereocenters. The van der Waals surface area contributed by atoms with Crippen LogP contribution in [-0.4, -0.2) is 49.9 Å². The Morgan fingerprint density at radius 1 is 0.542 bits per heavy atom. The smallest absolute Gasteiger partial charge is 0.247 e. The second kappa shape index (κ2) is 13.2. The molecular formula is C37H56N6O5. The van der Waals surface area contributed by atoms with Gasteiger partial charge in [-0.15, -0.1) is 0 Å². The summed E-state index contributed by atoms with van der Waals surface area (Å²) in [6.07, 6.45) is 9.55. The first-order valence-corrected chi connectivity index (χ1v) is 17.4. The molecule has 11 nitrogen and oxygen atoms in total. The van der Waals surface area contributed by atoms with E-state index in [0.29, 0.717) is 44.9 Å². The second-order valence-corrected chi connectivity index (χ2v) is 19.0. The van der Waals surface area contributed by atoms with Crippen molar-refractivity contribution in [3.05, 3.63) is 38.0 Å². The molecule has 3 fully saturated rings. The fourth-order valence-electron chi connectivity index (χ4n) is 10.9. The van der Waals surface area contributed by atoms with Gasteiger partial charge in [-0.1, -0.05) is 62.3 Å². The third-order valence-electron chi connectivity index (χ3n) is 11.0. The normalized spacial score (nSPS) is 33.8. The van der Waals surface area contributed by atoms with Crippen LogP contribution in [0.3, 0.4) is 0 Å². The first-order valence-electron chi connectivity index (χ1n) is 17.4. The van der Waals surface area contributed by atoms with Crippen molar-refractivity contribution in [2.24, 2.45) is 47.5 Å². The third-order valence-corrected chi connectivity index (χ3v) is 11.0. The zero-order valence-corrected chi connectivity index (χ0v) is 30.6. The van der Waals surface area contributed by atoms with E-state index in [1.807, 2.05) is 13.8 Å². The van der Waals surface area contributed by atoms with Crippen molar-refractivity contribution in [1.29, 1.82) is 0 Å². The Bertz CT molecular complexity index is 1500. The minimum absolute atomic E-state index is 0.0440. The highest BCUT2D eigenvalue weighted by Crippen LogP contribution is 2.50. The van der Waals surface area contributed by atoms with Crippen LogP contribution < -0.4 is 17.1 Å². The molecule has 6 atom stereocenters. The fourth-order valence-corrected chi connectivity index (χ4v) is 10.9. The standard InChI is InChI=1S/C37H56N6O5/c1-11-38-26-12-32(2,3)18-35(8,15-26)21-41-29(46)42(22-36(9)16-27(39-24-44)13-33(4,5)19-36)31(48)43(30(41)47)23-37(10)17-28(40-25-45)14-34(6,7)20-37/h26-28H,1,12-23H2,2-10H3. The van der Waals surface area contributed by atoms with E-state index in [0.717, 1.165) is 12.8 Å². The van der Waals surface area contributed by atoms with Crippen molar-refractivity contribution in [2.45, 2.75) is 158 Å². The lowest BCUT2D eigenvalue weighted by Crippen LogP contribution is -2.59. The molecule has 3 aliphatic rings. The molecule has 0 radical (unpaired) electrons. The number of aliphatic imine (C=N–C) groups is 3. The van der Waals surface area contributed by atoms with Crippen LogP contribution in [0.15, 0.2) is 35.9 Å². The van der Waals surface area contributed by atoms with Crippen LogP contribution in [0.5, 0.6) is 0 Å². The SMILES string of the molecule is C=C=NC1CC(C)(C)CC(C)(Cn2c(=O)n(CC3(C)CC(N=C=O)CC(C)(C)C3)c(=O)n(CC3(C)CC(N=C=O)CC(C)(C)C3)c2=O)C1. The van der Waals surface area contributed by atoms with Gasteiger partial charge in [-0.25, -0.2) is 52.7 Å². The predicted molar refractivity (Wildman–Crippen MR) is 187 cm³/mol. The van der Waals surface area contributed by atoms with Gasteiger partial charge in [-0.3, -0.25) is 0 Å². The second-order valence-electron chi connectivity index (χ2n) is 19.0. The highest BCUT2D eigenvalue weighted by atomic mass is 16.2. The minimum Gasteiger partial charge on any atom is -0.247 e. The van der Waals surface area contributed by atoms with E-state index in [2.05, 4.69) is 75.9 Å². The molecule has 1 heterocycles. The van der Waals surface area contributed by atoms with Crippen molar-refractivity contribution >= 4 is 18.0 Å². The first-order chi connectivity index (χ1) is 22.1. The Labute approximate surface area is 284 Å². The van der Waals surface area contributed by atoms with E-state index in [1.54, 1.807) is 12.2 Å². The molecule has 0 aromatic carbocycles. The van der Waals surface area contributed by atoms with Crippen molar-refractivity contribution in [3.8, 4) is 0 Å². The van der Waals surface area contributed by atoms with Gasteiger partial charge in [0.15, 0.2) is 0 Å². The maximum Gasteiger partial charge on any atom is 0.336 e. The first kappa shape index (κ1) is 37.4. The van der Waals surface area contributed by atoms with Gasteiger partial charge in [0.25, 0.3) is 0 Å². The summed E-state index contributed by atoms with van der Waals surface area (Å²) in [6, 6.07) is -0.591. The number of nitrogens with zero attached hydrogens (tertiary/aromatic N) is 6. The highest BCUT2D eigenvalue weighted by molar-refractivity contribution is 5.46. The summed E-state index contributed by atoms with van der Waals surface area (Å²) in [6.45, 7) is 22.9. The number of hydrogen-bond donors (Lipinski definition) is 0. The van der Waals surface area contributed by atoms with Gasteiger partial charge in [-0.2, -0.15) is 0 Å². The van der Waals surface area contributed by atoms with Crippen LogP contribution in [0.2, 0.25) is 0 Å². The summed E-state index contributed by atoms with van der Waals surface area (Å²) in [5.74, 6) is 2.69. The molecule has 0 N–H and O–H groups in total. The van der Waals surface area contributed by atoms with Crippen molar-refractivity contribution in [3.63, 3.8) is 0 Å². The van der Waals surface area contributed by atoms with Crippen LogP contribution in [-0.2, 0) is 29.2 Å². The summed E-state index contributed by atoms with van der Waals surface area (Å²) in [4.78, 5) is 78.6. The van der Waals surface area contributed by atoms with Gasteiger partial charge >= 0.3 is 17.1 Å². The maximum absolute atomic E-state index is 14.5. The maximum atomic E-state index is 14.5. The van der Waals surface area contributed by atoms with Gasteiger partial charge in [0, 0.05) is 19.6 Å². The summed E-state index contributed by atoms with van der Waals surface area (Å²) in [7, 11) is 0. The molecule has 3 aliphatic carbocycles. The minimum atomic E-state index is -0.635. The molecule has 0 amide bonds. The lowest BCUT2D eigenvalue weighted by Gasteiger charge is -2.46. The molecule has 48 heavy (non-hydrogen) atoms. The Hall–Kier alpha value is -3.38. The van der Waals surface area contributed by atoms with Crippen LogP contribution in [0.1, 0.15) is 120 Å². The quantitative estimate of drug-likeness (QED) is 0.255. The Balaban J connectivity index is 1.89. The highest BCUT2D eigenvalue weighted by Gasteiger charge is 2.46. The lowest BCUT2D eigenvalue weighted by molar-refractivity contribution is 0.0519. The Morgan fingerprint density at radius 2 is 0.812 bits per heavy atom. The molecule has 0 saturated heterocycles. The molecule has 11 heteroatoms. The summed E-state index contributed by atoms with van der Waals surface area (Å²) >= 11 is 0. The number of carbonyl (C=O) groups excluding carboxylic acids is 2. The van der Waals surface area contributed by atoms with E-state index in [-0.39, 0.29) is 54.0 Å². The molecule has 4 rings (SSSR count). The van der Waals surface area contributed by atoms with E-state index in [9.17, 15) is 24.0 Å². The van der Waals surface area contributed by atoms with Crippen molar-refractivity contribution in [2.75, 3.05) is 0 Å². The van der Waals surface area contributed by atoms with Crippen LogP contribution in [0.25, 0.3) is 0 Å². The van der Waals surface area contributed by atoms with Crippen molar-refractivity contribution in [1.82, 2.24) is 13.7 Å². The molecule has 0 aliphatic heterocycles. The molecule has 264 valence electrons. The topological polar surface area (TPSA) is 137 Å². The van der Waals surface area contributed by atoms with Crippen LogP contribution in [0, 0.1) is 32.5 Å². The van der Waals surface area contributed by atoms with Crippen LogP contribution >= 0.6 is 0 Å². The van der Waals surface area contributed by atoms with Gasteiger partial charge in [0.2, 0.25) is 12.2 Å². The molecular weight excluding hydrogens is 608 g/mol. The number of rotatable bonds is 9. The third kappa shape index (κ3) is 8.61. The molecule has 0 spiro atoms. The van der Waals surface area contributed by atoms with Gasteiger partial charge in [0.1, 0.15) is 0 Å². The summed E-state index contributed by atoms with van der Waals surface area (Å²) in [5.41, 5.74) is -3.90. The fraction of sp³-hybridized carbons (Fsp3) is 0.811. The largest absolute Gasteiger partial charge is 0.336 e. The van der Waals surface area contributed by atoms with Crippen molar-refractivity contribution < 1.29 is 9.59 Å². The molecule has 3 saturated carbocycles. The van der Waals surface area contributed by atoms with E-state index in [1.165, 1.54) is 13.7 Å². The average molecular weight is 665 g/mol. The summed E-state index contributed by atoms with van der Waals surface area (Å²) in [5, 5.41) is 0. The average Bonchev–Trinajstić information content (AvgIpc) is 2.89. The van der Waals surface area contributed by atoms with Gasteiger partial charge in [-0.05, 0) is 103 Å². The lowest BCUT2D eigenvalue weighted by atomic mass is 9.62. The molecule has 1 aromatic heterocycles. The van der Waals surface area contributed by atoms with E-state index in [4.69, 9.17) is 0 Å². The Morgan fingerprint density at radius 3 is 1.06 bits per heavy atom. The predicted octanol–water partition coefficient (Wildman–Crippen LogP) is 5.45. The molecule has 0 bridgehead atoms. The Kier molecular flexibility index (Phi) is 10.3. The number of aromatic nitrogens is 3. The monoisotopic (exact) mass is 664 g/mol. The van der Waals surface area contributed by atoms with E-state index < -0.39 is 33.3 Å². The summed E-state index contributed by atoms with van der Waals surface area (Å²) < 4.78 is 3.77. The molecule has 1 aromatic rings. The zero-order valence-electron chi connectivity index (χ0n) is 30.6. The van der Waals surface area contributed by atoms with E-state index >= 15 is 0 Å².